The van der Waals surface area contributed by atoms with E-state index in [1.807, 2.05) is 12.1 Å². The zero-order chi connectivity index (χ0) is 14.7. The van der Waals surface area contributed by atoms with Gasteiger partial charge in [0.1, 0.15) is 0 Å². The van der Waals surface area contributed by atoms with E-state index in [1.165, 1.54) is 18.2 Å². The predicted octanol–water partition coefficient (Wildman–Crippen LogP) is 3.66. The number of carboxylic acid groups (broad SMARTS) is 1. The van der Waals surface area contributed by atoms with Crippen LogP contribution in [0, 0.1) is 11.8 Å². The lowest BCUT2D eigenvalue weighted by Gasteiger charge is -2.42. The van der Waals surface area contributed by atoms with Gasteiger partial charge in [0.25, 0.3) is 0 Å². The maximum atomic E-state index is 10.5. The van der Waals surface area contributed by atoms with Crippen molar-refractivity contribution in [3.8, 4) is 0 Å². The van der Waals surface area contributed by atoms with Crippen molar-refractivity contribution in [2.45, 2.75) is 33.2 Å². The van der Waals surface area contributed by atoms with Crippen LogP contribution in [0.5, 0.6) is 0 Å². The molecule has 1 aromatic rings. The van der Waals surface area contributed by atoms with Gasteiger partial charge in [-0.1, -0.05) is 26.0 Å². The largest absolute Gasteiger partial charge is 0.478 e. The maximum absolute atomic E-state index is 10.5. The van der Waals surface area contributed by atoms with Crippen LogP contribution in [0.2, 0.25) is 0 Å². The highest BCUT2D eigenvalue weighted by Crippen LogP contribution is 2.31. The molecule has 1 aromatic carbocycles. The first kappa shape index (κ1) is 14.6. The first-order valence-electron chi connectivity index (χ1n) is 7.25. The molecule has 1 N–H and O–H groups in total. The molecule has 1 aliphatic heterocycles. The van der Waals surface area contributed by atoms with Crippen molar-refractivity contribution < 1.29 is 9.90 Å². The third-order valence-electron chi connectivity index (χ3n) is 4.24. The van der Waals surface area contributed by atoms with Crippen molar-refractivity contribution in [2.24, 2.45) is 11.8 Å². The second-order valence-electron chi connectivity index (χ2n) is 5.97. The van der Waals surface area contributed by atoms with Crippen molar-refractivity contribution in [1.29, 1.82) is 0 Å². The van der Waals surface area contributed by atoms with E-state index < -0.39 is 5.97 Å². The minimum absolute atomic E-state index is 0.548. The number of carboxylic acids is 1. The lowest BCUT2D eigenvalue weighted by Crippen LogP contribution is -2.45. The zero-order valence-corrected chi connectivity index (χ0v) is 12.4. The van der Waals surface area contributed by atoms with E-state index >= 15 is 0 Å². The van der Waals surface area contributed by atoms with Crippen LogP contribution < -0.4 is 4.90 Å². The van der Waals surface area contributed by atoms with Crippen LogP contribution in [0.1, 0.15) is 32.8 Å². The number of rotatable bonds is 3. The van der Waals surface area contributed by atoms with Crippen LogP contribution in [0.25, 0.3) is 6.08 Å². The fourth-order valence-corrected chi connectivity index (χ4v) is 3.00. The predicted molar refractivity (Wildman–Crippen MR) is 82.9 cm³/mol. The van der Waals surface area contributed by atoms with Gasteiger partial charge in [0.05, 0.1) is 0 Å². The molecule has 0 amide bonds. The summed E-state index contributed by atoms with van der Waals surface area (Å²) in [6.07, 6.45) is 4.08. The normalized spacial score (nSPS) is 26.9. The number of aliphatic carboxylic acids is 1. The molecule has 1 fully saturated rings. The van der Waals surface area contributed by atoms with Gasteiger partial charge in [-0.05, 0) is 49.0 Å². The van der Waals surface area contributed by atoms with Crippen LogP contribution >= 0.6 is 0 Å². The molecule has 1 aliphatic rings. The number of hydrogen-bond acceptors (Lipinski definition) is 2. The Hall–Kier alpha value is -1.77. The molecule has 108 valence electrons. The van der Waals surface area contributed by atoms with Crippen molar-refractivity contribution in [3.05, 3.63) is 35.9 Å². The first-order chi connectivity index (χ1) is 9.47. The number of benzene rings is 1. The van der Waals surface area contributed by atoms with E-state index in [4.69, 9.17) is 5.11 Å². The summed E-state index contributed by atoms with van der Waals surface area (Å²) in [4.78, 5) is 13.0. The van der Waals surface area contributed by atoms with Gasteiger partial charge in [-0.2, -0.15) is 0 Å². The molecule has 3 nitrogen and oxygen atoms in total. The minimum Gasteiger partial charge on any atom is -0.478 e. The Morgan fingerprint density at radius 1 is 1.25 bits per heavy atom. The lowest BCUT2D eigenvalue weighted by atomic mass is 9.85. The van der Waals surface area contributed by atoms with E-state index in [0.717, 1.165) is 12.1 Å². The van der Waals surface area contributed by atoms with E-state index in [0.29, 0.717) is 17.9 Å². The summed E-state index contributed by atoms with van der Waals surface area (Å²) >= 11 is 0. The van der Waals surface area contributed by atoms with E-state index in [9.17, 15) is 4.79 Å². The van der Waals surface area contributed by atoms with Gasteiger partial charge in [0.15, 0.2) is 0 Å². The molecule has 1 heterocycles. The molecule has 20 heavy (non-hydrogen) atoms. The van der Waals surface area contributed by atoms with Gasteiger partial charge in [0, 0.05) is 24.4 Å². The molecule has 0 radical (unpaired) electrons. The second-order valence-corrected chi connectivity index (χ2v) is 5.97. The Morgan fingerprint density at radius 2 is 1.90 bits per heavy atom. The molecule has 1 saturated heterocycles. The van der Waals surface area contributed by atoms with Gasteiger partial charge >= 0.3 is 5.97 Å². The minimum atomic E-state index is -0.915. The van der Waals surface area contributed by atoms with E-state index in [2.05, 4.69) is 37.8 Å². The van der Waals surface area contributed by atoms with Gasteiger partial charge < -0.3 is 10.0 Å². The monoisotopic (exact) mass is 273 g/mol. The summed E-state index contributed by atoms with van der Waals surface area (Å²) in [6.45, 7) is 8.00. The van der Waals surface area contributed by atoms with Crippen LogP contribution in [-0.2, 0) is 4.79 Å². The quantitative estimate of drug-likeness (QED) is 0.854. The highest BCUT2D eigenvalue weighted by atomic mass is 16.4. The maximum Gasteiger partial charge on any atom is 0.328 e. The number of piperidine rings is 1. The summed E-state index contributed by atoms with van der Waals surface area (Å²) < 4.78 is 0. The molecule has 3 unspecified atom stereocenters. The molecule has 0 bridgehead atoms. The Kier molecular flexibility index (Phi) is 4.48. The highest BCUT2D eigenvalue weighted by molar-refractivity contribution is 5.85. The van der Waals surface area contributed by atoms with Gasteiger partial charge in [0.2, 0.25) is 0 Å². The fraction of sp³-hybridized carbons (Fsp3) is 0.471. The SMILES string of the molecule is CC1CC(C)C(C)N(c2ccc(/C=C/C(=O)O)cc2)C1. The van der Waals surface area contributed by atoms with Gasteiger partial charge in [-0.3, -0.25) is 0 Å². The zero-order valence-electron chi connectivity index (χ0n) is 12.4. The average Bonchev–Trinajstić information content (AvgIpc) is 2.41. The first-order valence-corrected chi connectivity index (χ1v) is 7.25. The molecule has 2 rings (SSSR count). The van der Waals surface area contributed by atoms with Crippen molar-refractivity contribution in [2.75, 3.05) is 11.4 Å². The standard InChI is InChI=1S/C17H23NO2/c1-12-10-13(2)14(3)18(11-12)16-7-4-15(5-8-16)6-9-17(19)20/h4-9,12-14H,10-11H2,1-3H3,(H,19,20)/b9-6+. The summed E-state index contributed by atoms with van der Waals surface area (Å²) in [6, 6.07) is 8.68. The summed E-state index contributed by atoms with van der Waals surface area (Å²) in [5, 5.41) is 8.63. The Balaban J connectivity index is 2.14. The van der Waals surface area contributed by atoms with E-state index in [1.54, 1.807) is 6.08 Å². The average molecular weight is 273 g/mol. The molecular weight excluding hydrogens is 250 g/mol. The molecule has 0 aliphatic carbocycles. The Bertz CT molecular complexity index is 492. The molecule has 3 heteroatoms. The van der Waals surface area contributed by atoms with E-state index in [-0.39, 0.29) is 0 Å². The number of nitrogens with zero attached hydrogens (tertiary/aromatic N) is 1. The van der Waals surface area contributed by atoms with Crippen LogP contribution in [-0.4, -0.2) is 23.7 Å². The van der Waals surface area contributed by atoms with Gasteiger partial charge in [-0.15, -0.1) is 0 Å². The van der Waals surface area contributed by atoms with Gasteiger partial charge in [-0.25, -0.2) is 4.79 Å². The van der Waals surface area contributed by atoms with Crippen LogP contribution in [0.15, 0.2) is 30.3 Å². The lowest BCUT2D eigenvalue weighted by molar-refractivity contribution is -0.131. The smallest absolute Gasteiger partial charge is 0.328 e. The molecule has 3 atom stereocenters. The highest BCUT2D eigenvalue weighted by Gasteiger charge is 2.28. The summed E-state index contributed by atoms with van der Waals surface area (Å²) in [5.74, 6) is 0.500. The van der Waals surface area contributed by atoms with Crippen molar-refractivity contribution in [1.82, 2.24) is 0 Å². The summed E-state index contributed by atoms with van der Waals surface area (Å²) in [5.41, 5.74) is 2.14. The number of carbonyl (C=O) groups is 1. The Labute approximate surface area is 120 Å². The second kappa shape index (κ2) is 6.12. The Morgan fingerprint density at radius 3 is 2.50 bits per heavy atom. The molecule has 0 spiro atoms. The van der Waals surface area contributed by atoms with Crippen molar-refractivity contribution >= 4 is 17.7 Å². The van der Waals surface area contributed by atoms with Crippen LogP contribution in [0.3, 0.4) is 0 Å². The van der Waals surface area contributed by atoms with Crippen molar-refractivity contribution in [3.63, 3.8) is 0 Å². The summed E-state index contributed by atoms with van der Waals surface area (Å²) in [7, 11) is 0. The third-order valence-corrected chi connectivity index (χ3v) is 4.24. The third kappa shape index (κ3) is 3.41. The molecule has 0 aromatic heterocycles. The number of anilines is 1. The molecule has 0 saturated carbocycles. The fourth-order valence-electron chi connectivity index (χ4n) is 3.00. The molecular formula is C17H23NO2. The van der Waals surface area contributed by atoms with Crippen LogP contribution in [0.4, 0.5) is 5.69 Å². The topological polar surface area (TPSA) is 40.5 Å². The number of hydrogen-bond donors (Lipinski definition) is 1.